The summed E-state index contributed by atoms with van der Waals surface area (Å²) in [6.45, 7) is 1.87. The molecule has 1 amide bonds. The number of benzene rings is 2. The summed E-state index contributed by atoms with van der Waals surface area (Å²) in [5.41, 5.74) is 3.27. The van der Waals surface area contributed by atoms with Crippen LogP contribution in [-0.4, -0.2) is 11.0 Å². The van der Waals surface area contributed by atoms with Crippen LogP contribution in [0.3, 0.4) is 0 Å². The fraction of sp³-hybridized carbons (Fsp3) is 0.118. The van der Waals surface area contributed by atoms with Gasteiger partial charge in [-0.05, 0) is 47.9 Å². The Morgan fingerprint density at radius 1 is 1.29 bits per heavy atom. The Kier molecular flexibility index (Phi) is 5.14. The monoisotopic (exact) mass is 301 g/mol. The first-order chi connectivity index (χ1) is 10.1. The molecule has 2 aromatic rings. The molecule has 0 spiro atoms. The van der Waals surface area contributed by atoms with Gasteiger partial charge in [-0.3, -0.25) is 4.79 Å². The number of amides is 1. The third-order valence-electron chi connectivity index (χ3n) is 3.00. The maximum Gasteiger partial charge on any atom is 0.248 e. The zero-order chi connectivity index (χ0) is 15.2. The van der Waals surface area contributed by atoms with E-state index in [2.05, 4.69) is 5.32 Å². The third-order valence-corrected chi connectivity index (χ3v) is 3.41. The van der Waals surface area contributed by atoms with Crippen LogP contribution in [0.1, 0.15) is 16.7 Å². The Bertz CT molecular complexity index is 680. The number of carbonyl (C=O) groups is 1. The van der Waals surface area contributed by atoms with E-state index in [4.69, 9.17) is 16.7 Å². The van der Waals surface area contributed by atoms with Gasteiger partial charge in [-0.2, -0.15) is 0 Å². The highest BCUT2D eigenvalue weighted by atomic mass is 35.5. The van der Waals surface area contributed by atoms with Crippen molar-refractivity contribution in [3.63, 3.8) is 0 Å². The molecule has 2 N–H and O–H groups in total. The van der Waals surface area contributed by atoms with Crippen molar-refractivity contribution in [2.45, 2.75) is 13.5 Å². The SMILES string of the molecule is Cc1ccc(/C=C/C(=O)Nc2cccc(CO)c2)cc1Cl. The van der Waals surface area contributed by atoms with Crippen LogP contribution in [0.2, 0.25) is 5.02 Å². The second-order valence-electron chi connectivity index (χ2n) is 4.69. The first-order valence-corrected chi connectivity index (χ1v) is 6.91. The molecule has 0 saturated carbocycles. The molecule has 0 aromatic heterocycles. The standard InChI is InChI=1S/C17H16ClNO2/c1-12-5-6-13(10-16(12)18)7-8-17(21)19-15-4-2-3-14(9-15)11-20/h2-10,20H,11H2,1H3,(H,19,21)/b8-7+. The van der Waals surface area contributed by atoms with E-state index in [1.807, 2.05) is 25.1 Å². The summed E-state index contributed by atoms with van der Waals surface area (Å²) in [4.78, 5) is 11.8. The fourth-order valence-electron chi connectivity index (χ4n) is 1.82. The molecule has 0 aliphatic rings. The van der Waals surface area contributed by atoms with Crippen LogP contribution in [0.15, 0.2) is 48.5 Å². The Morgan fingerprint density at radius 2 is 2.10 bits per heavy atom. The van der Waals surface area contributed by atoms with Gasteiger partial charge in [0.15, 0.2) is 0 Å². The van der Waals surface area contributed by atoms with E-state index in [1.54, 1.807) is 30.3 Å². The Morgan fingerprint density at radius 3 is 2.81 bits per heavy atom. The number of rotatable bonds is 4. The molecule has 4 heteroatoms. The number of nitrogens with one attached hydrogen (secondary N) is 1. The second kappa shape index (κ2) is 7.07. The normalized spacial score (nSPS) is 10.8. The largest absolute Gasteiger partial charge is 0.392 e. The lowest BCUT2D eigenvalue weighted by Gasteiger charge is -2.04. The molecule has 2 rings (SSSR count). The van der Waals surface area contributed by atoms with Gasteiger partial charge in [0.25, 0.3) is 0 Å². The summed E-state index contributed by atoms with van der Waals surface area (Å²) in [5.74, 6) is -0.234. The number of hydrogen-bond acceptors (Lipinski definition) is 2. The molecular weight excluding hydrogens is 286 g/mol. The summed E-state index contributed by atoms with van der Waals surface area (Å²) in [6, 6.07) is 12.7. The van der Waals surface area contributed by atoms with Crippen LogP contribution < -0.4 is 5.32 Å². The van der Waals surface area contributed by atoms with Crippen LogP contribution in [0.4, 0.5) is 5.69 Å². The molecule has 108 valence electrons. The van der Waals surface area contributed by atoms with Gasteiger partial charge < -0.3 is 10.4 Å². The average molecular weight is 302 g/mol. The zero-order valence-corrected chi connectivity index (χ0v) is 12.4. The maximum absolute atomic E-state index is 11.8. The molecule has 2 aromatic carbocycles. The Balaban J connectivity index is 2.03. The minimum Gasteiger partial charge on any atom is -0.392 e. The number of carbonyl (C=O) groups excluding carboxylic acids is 1. The van der Waals surface area contributed by atoms with Crippen LogP contribution in [-0.2, 0) is 11.4 Å². The highest BCUT2D eigenvalue weighted by Gasteiger charge is 2.00. The van der Waals surface area contributed by atoms with Gasteiger partial charge in [0.2, 0.25) is 5.91 Å². The number of aryl methyl sites for hydroxylation is 1. The molecular formula is C17H16ClNO2. The van der Waals surface area contributed by atoms with E-state index in [0.717, 1.165) is 16.7 Å². The van der Waals surface area contributed by atoms with Crippen molar-refractivity contribution in [2.24, 2.45) is 0 Å². The third kappa shape index (κ3) is 4.45. The quantitative estimate of drug-likeness (QED) is 0.844. The second-order valence-corrected chi connectivity index (χ2v) is 5.10. The minimum absolute atomic E-state index is 0.0542. The highest BCUT2D eigenvalue weighted by molar-refractivity contribution is 6.31. The van der Waals surface area contributed by atoms with Gasteiger partial charge in [0.05, 0.1) is 6.61 Å². The Hall–Kier alpha value is -2.10. The number of aliphatic hydroxyl groups is 1. The number of aliphatic hydroxyl groups excluding tert-OH is 1. The predicted octanol–water partition coefficient (Wildman–Crippen LogP) is 3.79. The van der Waals surface area contributed by atoms with Crippen LogP contribution in [0, 0.1) is 6.92 Å². The van der Waals surface area contributed by atoms with E-state index < -0.39 is 0 Å². The number of hydrogen-bond donors (Lipinski definition) is 2. The number of halogens is 1. The van der Waals surface area contributed by atoms with Gasteiger partial charge in [0.1, 0.15) is 0 Å². The van der Waals surface area contributed by atoms with Crippen molar-refractivity contribution in [1.82, 2.24) is 0 Å². The van der Waals surface area contributed by atoms with Gasteiger partial charge in [-0.25, -0.2) is 0 Å². The van der Waals surface area contributed by atoms with Gasteiger partial charge in [-0.1, -0.05) is 35.9 Å². The molecule has 0 aliphatic heterocycles. The van der Waals surface area contributed by atoms with Crippen LogP contribution in [0.5, 0.6) is 0 Å². The lowest BCUT2D eigenvalue weighted by Crippen LogP contribution is -2.07. The summed E-state index contributed by atoms with van der Waals surface area (Å²) in [5, 5.41) is 12.5. The van der Waals surface area contributed by atoms with Gasteiger partial charge in [0, 0.05) is 16.8 Å². The van der Waals surface area contributed by atoms with E-state index in [0.29, 0.717) is 10.7 Å². The molecule has 21 heavy (non-hydrogen) atoms. The molecule has 0 saturated heterocycles. The van der Waals surface area contributed by atoms with Crippen molar-refractivity contribution in [3.05, 3.63) is 70.3 Å². The molecule has 0 unspecified atom stereocenters. The number of anilines is 1. The average Bonchev–Trinajstić information content (AvgIpc) is 2.48. The summed E-state index contributed by atoms with van der Waals surface area (Å²) >= 11 is 6.03. The first-order valence-electron chi connectivity index (χ1n) is 6.53. The van der Waals surface area contributed by atoms with E-state index in [9.17, 15) is 4.79 Å². The van der Waals surface area contributed by atoms with Crippen LogP contribution in [0.25, 0.3) is 6.08 Å². The van der Waals surface area contributed by atoms with E-state index >= 15 is 0 Å². The molecule has 0 heterocycles. The van der Waals surface area contributed by atoms with Crippen molar-refractivity contribution < 1.29 is 9.90 Å². The zero-order valence-electron chi connectivity index (χ0n) is 11.6. The predicted molar refractivity (Wildman–Crippen MR) is 86.2 cm³/mol. The van der Waals surface area contributed by atoms with Gasteiger partial charge in [-0.15, -0.1) is 0 Å². The lowest BCUT2D eigenvalue weighted by molar-refractivity contribution is -0.111. The molecule has 0 fully saturated rings. The molecule has 0 radical (unpaired) electrons. The summed E-state index contributed by atoms with van der Waals surface area (Å²) < 4.78 is 0. The van der Waals surface area contributed by atoms with Gasteiger partial charge >= 0.3 is 0 Å². The van der Waals surface area contributed by atoms with Crippen molar-refractivity contribution in [1.29, 1.82) is 0 Å². The summed E-state index contributed by atoms with van der Waals surface area (Å²) in [7, 11) is 0. The fourth-order valence-corrected chi connectivity index (χ4v) is 2.01. The lowest BCUT2D eigenvalue weighted by atomic mass is 10.1. The molecule has 0 bridgehead atoms. The smallest absolute Gasteiger partial charge is 0.248 e. The van der Waals surface area contributed by atoms with Crippen molar-refractivity contribution >= 4 is 29.3 Å². The van der Waals surface area contributed by atoms with Crippen molar-refractivity contribution in [2.75, 3.05) is 5.32 Å². The molecule has 0 aliphatic carbocycles. The molecule has 0 atom stereocenters. The summed E-state index contributed by atoms with van der Waals surface area (Å²) in [6.07, 6.45) is 3.16. The molecule has 3 nitrogen and oxygen atoms in total. The maximum atomic E-state index is 11.8. The first kappa shape index (κ1) is 15.3. The van der Waals surface area contributed by atoms with E-state index in [-0.39, 0.29) is 12.5 Å². The topological polar surface area (TPSA) is 49.3 Å². The Labute approximate surface area is 128 Å². The van der Waals surface area contributed by atoms with Crippen molar-refractivity contribution in [3.8, 4) is 0 Å². The van der Waals surface area contributed by atoms with E-state index in [1.165, 1.54) is 6.08 Å². The van der Waals surface area contributed by atoms with Crippen LogP contribution >= 0.6 is 11.6 Å². The highest BCUT2D eigenvalue weighted by Crippen LogP contribution is 2.17. The minimum atomic E-state index is -0.234.